The average Bonchev–Trinajstić information content (AvgIpc) is 3.33. The molecule has 0 spiro atoms. The maximum atomic E-state index is 11.8. The van der Waals surface area contributed by atoms with E-state index in [1.54, 1.807) is 6.26 Å². The molecule has 1 saturated carbocycles. The maximum Gasteiger partial charge on any atom is 0.321 e. The smallest absolute Gasteiger partial charge is 0.321 e. The van der Waals surface area contributed by atoms with Gasteiger partial charge in [0.05, 0.1) is 18.6 Å². The Morgan fingerprint density at radius 3 is 2.92 bits per heavy atom. The molecule has 134 valence electrons. The number of amides is 3. The quantitative estimate of drug-likeness (QED) is 0.633. The van der Waals surface area contributed by atoms with Crippen LogP contribution in [-0.4, -0.2) is 33.9 Å². The Morgan fingerprint density at radius 2 is 2.16 bits per heavy atom. The first-order chi connectivity index (χ1) is 12.2. The number of aromatic nitrogens is 2. The van der Waals surface area contributed by atoms with Gasteiger partial charge >= 0.3 is 6.03 Å². The molecule has 1 aliphatic rings. The Bertz CT molecular complexity index is 698. The summed E-state index contributed by atoms with van der Waals surface area (Å²) in [6.07, 6.45) is 5.83. The Balaban J connectivity index is 1.36. The van der Waals surface area contributed by atoms with E-state index in [4.69, 9.17) is 4.42 Å². The van der Waals surface area contributed by atoms with Gasteiger partial charge in [-0.2, -0.15) is 0 Å². The van der Waals surface area contributed by atoms with Crippen molar-refractivity contribution in [2.45, 2.75) is 42.6 Å². The van der Waals surface area contributed by atoms with Gasteiger partial charge in [0.2, 0.25) is 11.0 Å². The fourth-order valence-electron chi connectivity index (χ4n) is 2.50. The van der Waals surface area contributed by atoms with Gasteiger partial charge in [0.15, 0.2) is 4.34 Å². The standard InChI is InChI=1S/C15H19N5O3S2/c21-12(18-13(22)17-10-4-1-2-5-10)9-24-15-20-19-14(25-15)16-8-11-6-3-7-23-11/h3,6-7,10H,1-2,4-5,8-9H2,(H,16,19)(H2,17,18,21,22). The molecule has 0 unspecified atom stereocenters. The van der Waals surface area contributed by atoms with E-state index in [9.17, 15) is 9.59 Å². The highest BCUT2D eigenvalue weighted by molar-refractivity contribution is 8.01. The molecule has 1 aliphatic carbocycles. The van der Waals surface area contributed by atoms with Crippen molar-refractivity contribution >= 4 is 40.2 Å². The van der Waals surface area contributed by atoms with E-state index < -0.39 is 6.03 Å². The average molecular weight is 381 g/mol. The number of nitrogens with one attached hydrogen (secondary N) is 3. The fourth-order valence-corrected chi connectivity index (χ4v) is 4.04. The van der Waals surface area contributed by atoms with Gasteiger partial charge in [0.1, 0.15) is 5.76 Å². The Labute approximate surface area is 153 Å². The predicted octanol–water partition coefficient (Wildman–Crippen LogP) is 2.60. The lowest BCUT2D eigenvalue weighted by molar-refractivity contribution is -0.117. The van der Waals surface area contributed by atoms with Crippen LogP contribution in [0.2, 0.25) is 0 Å². The molecule has 0 radical (unpaired) electrons. The number of urea groups is 1. The highest BCUT2D eigenvalue weighted by Gasteiger charge is 2.18. The van der Waals surface area contributed by atoms with Crippen molar-refractivity contribution in [2.24, 2.45) is 0 Å². The van der Waals surface area contributed by atoms with Crippen molar-refractivity contribution in [1.29, 1.82) is 0 Å². The van der Waals surface area contributed by atoms with Crippen LogP contribution in [0.3, 0.4) is 0 Å². The number of carbonyl (C=O) groups excluding carboxylic acids is 2. The predicted molar refractivity (Wildman–Crippen MR) is 95.6 cm³/mol. The molecule has 3 amide bonds. The first-order valence-corrected chi connectivity index (χ1v) is 9.82. The number of imide groups is 1. The number of hydrogen-bond acceptors (Lipinski definition) is 8. The lowest BCUT2D eigenvalue weighted by atomic mass is 10.2. The van der Waals surface area contributed by atoms with Crippen LogP contribution in [0, 0.1) is 0 Å². The molecule has 3 rings (SSSR count). The normalized spacial score (nSPS) is 14.4. The van der Waals surface area contributed by atoms with E-state index in [2.05, 4.69) is 26.1 Å². The molecule has 0 bridgehead atoms. The molecule has 0 saturated heterocycles. The van der Waals surface area contributed by atoms with Crippen LogP contribution in [0.25, 0.3) is 0 Å². The summed E-state index contributed by atoms with van der Waals surface area (Å²) in [4.78, 5) is 23.6. The van der Waals surface area contributed by atoms with E-state index >= 15 is 0 Å². The van der Waals surface area contributed by atoms with Crippen molar-refractivity contribution in [1.82, 2.24) is 20.8 Å². The van der Waals surface area contributed by atoms with E-state index in [0.717, 1.165) is 31.4 Å². The Morgan fingerprint density at radius 1 is 1.32 bits per heavy atom. The molecule has 8 nitrogen and oxygen atoms in total. The number of nitrogens with zero attached hydrogens (tertiary/aromatic N) is 2. The van der Waals surface area contributed by atoms with Crippen LogP contribution in [0.1, 0.15) is 31.4 Å². The molecule has 25 heavy (non-hydrogen) atoms. The molecule has 0 aromatic carbocycles. The summed E-state index contributed by atoms with van der Waals surface area (Å²) in [5, 5.41) is 16.9. The van der Waals surface area contributed by atoms with Gasteiger partial charge in [0, 0.05) is 6.04 Å². The van der Waals surface area contributed by atoms with Crippen LogP contribution in [0.15, 0.2) is 27.2 Å². The van der Waals surface area contributed by atoms with Crippen molar-refractivity contribution < 1.29 is 14.0 Å². The molecule has 10 heteroatoms. The van der Waals surface area contributed by atoms with Crippen molar-refractivity contribution in [3.63, 3.8) is 0 Å². The number of thioether (sulfide) groups is 1. The molecule has 1 fully saturated rings. The van der Waals surface area contributed by atoms with E-state index in [-0.39, 0.29) is 17.7 Å². The third kappa shape index (κ3) is 5.75. The highest BCUT2D eigenvalue weighted by atomic mass is 32.2. The molecule has 2 aromatic heterocycles. The van der Waals surface area contributed by atoms with Crippen molar-refractivity contribution in [3.8, 4) is 0 Å². The highest BCUT2D eigenvalue weighted by Crippen LogP contribution is 2.25. The SMILES string of the molecule is O=C(CSc1nnc(NCc2ccco2)s1)NC(=O)NC1CCCC1. The summed E-state index contributed by atoms with van der Waals surface area (Å²) >= 11 is 2.60. The molecule has 2 aromatic rings. The largest absolute Gasteiger partial charge is 0.467 e. The summed E-state index contributed by atoms with van der Waals surface area (Å²) in [6.45, 7) is 0.522. The number of carbonyl (C=O) groups is 2. The van der Waals surface area contributed by atoms with Gasteiger partial charge in [-0.25, -0.2) is 4.79 Å². The zero-order valence-corrected chi connectivity index (χ0v) is 15.1. The third-order valence-corrected chi connectivity index (χ3v) is 5.68. The van der Waals surface area contributed by atoms with E-state index in [0.29, 0.717) is 16.0 Å². The Hall–Kier alpha value is -2.07. The second-order valence-electron chi connectivity index (χ2n) is 5.60. The molecular formula is C15H19N5O3S2. The van der Waals surface area contributed by atoms with Crippen LogP contribution in [-0.2, 0) is 11.3 Å². The molecule has 0 aliphatic heterocycles. The third-order valence-electron chi connectivity index (χ3n) is 3.67. The number of furan rings is 1. The summed E-state index contributed by atoms with van der Waals surface area (Å²) < 4.78 is 5.88. The first kappa shape index (κ1) is 17.7. The monoisotopic (exact) mass is 381 g/mol. The fraction of sp³-hybridized carbons (Fsp3) is 0.467. The van der Waals surface area contributed by atoms with Gasteiger partial charge in [0.25, 0.3) is 0 Å². The Kier molecular flexibility index (Phi) is 6.29. The lowest BCUT2D eigenvalue weighted by Gasteiger charge is -2.11. The molecule has 2 heterocycles. The van der Waals surface area contributed by atoms with Gasteiger partial charge in [-0.15, -0.1) is 10.2 Å². The molecular weight excluding hydrogens is 362 g/mol. The van der Waals surface area contributed by atoms with Gasteiger partial charge in [-0.3, -0.25) is 10.1 Å². The first-order valence-electron chi connectivity index (χ1n) is 8.02. The topological polar surface area (TPSA) is 109 Å². The summed E-state index contributed by atoms with van der Waals surface area (Å²) in [5.74, 6) is 0.572. The molecule has 0 atom stereocenters. The molecule has 3 N–H and O–H groups in total. The number of hydrogen-bond donors (Lipinski definition) is 3. The van der Waals surface area contributed by atoms with Gasteiger partial charge in [-0.05, 0) is 25.0 Å². The second-order valence-corrected chi connectivity index (χ2v) is 7.80. The minimum absolute atomic E-state index is 0.116. The minimum Gasteiger partial charge on any atom is -0.467 e. The lowest BCUT2D eigenvalue weighted by Crippen LogP contribution is -2.44. The van der Waals surface area contributed by atoms with E-state index in [1.165, 1.54) is 23.1 Å². The van der Waals surface area contributed by atoms with E-state index in [1.807, 2.05) is 12.1 Å². The maximum absolute atomic E-state index is 11.8. The summed E-state index contributed by atoms with van der Waals surface area (Å²) in [6, 6.07) is 3.45. The van der Waals surface area contributed by atoms with Gasteiger partial charge in [-0.1, -0.05) is 35.9 Å². The summed E-state index contributed by atoms with van der Waals surface area (Å²) in [5.41, 5.74) is 0. The zero-order valence-electron chi connectivity index (χ0n) is 13.5. The van der Waals surface area contributed by atoms with Crippen LogP contribution >= 0.6 is 23.1 Å². The summed E-state index contributed by atoms with van der Waals surface area (Å²) in [7, 11) is 0. The van der Waals surface area contributed by atoms with Crippen molar-refractivity contribution in [2.75, 3.05) is 11.1 Å². The second kappa shape index (κ2) is 8.86. The number of anilines is 1. The van der Waals surface area contributed by atoms with Crippen LogP contribution < -0.4 is 16.0 Å². The minimum atomic E-state index is -0.421. The zero-order chi connectivity index (χ0) is 17.5. The van der Waals surface area contributed by atoms with Crippen molar-refractivity contribution in [3.05, 3.63) is 24.2 Å². The van der Waals surface area contributed by atoms with Crippen LogP contribution in [0.5, 0.6) is 0 Å². The van der Waals surface area contributed by atoms with Crippen LogP contribution in [0.4, 0.5) is 9.93 Å². The number of rotatable bonds is 7. The van der Waals surface area contributed by atoms with Gasteiger partial charge < -0.3 is 15.1 Å².